The Morgan fingerprint density at radius 1 is 1.69 bits per heavy atom. The van der Waals surface area contributed by atoms with Crippen molar-refractivity contribution in [2.75, 3.05) is 5.75 Å². The number of aliphatic carboxylic acids is 1. The summed E-state index contributed by atoms with van der Waals surface area (Å²) in [6, 6.07) is 3.20. The monoisotopic (exact) mass is 212 g/mol. The minimum atomic E-state index is -1.08. The highest BCUT2D eigenvalue weighted by Gasteiger charge is 2.20. The molecule has 0 aliphatic carbocycles. The first-order valence-electron chi connectivity index (χ1n) is 3.72. The summed E-state index contributed by atoms with van der Waals surface area (Å²) < 4.78 is 0. The van der Waals surface area contributed by atoms with Crippen LogP contribution in [0.3, 0.4) is 0 Å². The molecule has 5 heteroatoms. The van der Waals surface area contributed by atoms with Gasteiger partial charge in [-0.25, -0.2) is 0 Å². The van der Waals surface area contributed by atoms with Crippen LogP contribution in [0.1, 0.15) is 4.88 Å². The third-order valence-corrected chi connectivity index (χ3v) is 3.74. The highest BCUT2D eigenvalue weighted by atomic mass is 32.2. The molecule has 1 aliphatic rings. The molecule has 2 heterocycles. The number of rotatable bonds is 2. The number of thioether (sulfide) groups is 1. The summed E-state index contributed by atoms with van der Waals surface area (Å²) >= 11 is 3.05. The lowest BCUT2D eigenvalue weighted by molar-refractivity contribution is -0.306. The van der Waals surface area contributed by atoms with Crippen LogP contribution >= 0.6 is 23.1 Å². The smallest absolute Gasteiger partial charge is 0.109 e. The van der Waals surface area contributed by atoms with Crippen LogP contribution in [0.25, 0.3) is 0 Å². The van der Waals surface area contributed by atoms with Crippen LogP contribution in [-0.4, -0.2) is 22.8 Å². The fraction of sp³-hybridized carbons (Fsp3) is 0.250. The van der Waals surface area contributed by atoms with Gasteiger partial charge in [0.05, 0.1) is 10.8 Å². The molecule has 3 nitrogen and oxygen atoms in total. The van der Waals surface area contributed by atoms with Crippen LogP contribution < -0.4 is 5.11 Å². The van der Waals surface area contributed by atoms with E-state index in [4.69, 9.17) is 0 Å². The summed E-state index contributed by atoms with van der Waals surface area (Å²) in [5.74, 6) is -0.589. The fourth-order valence-corrected chi connectivity index (χ4v) is 2.90. The Morgan fingerprint density at radius 3 is 3.08 bits per heavy atom. The summed E-state index contributed by atoms with van der Waals surface area (Å²) in [6.07, 6.45) is 0. The molecule has 68 valence electrons. The van der Waals surface area contributed by atoms with Crippen LogP contribution in [-0.2, 0) is 4.79 Å². The molecule has 0 radical (unpaired) electrons. The summed E-state index contributed by atoms with van der Waals surface area (Å²) in [6.45, 7) is 0. The van der Waals surface area contributed by atoms with Crippen molar-refractivity contribution in [2.24, 2.45) is 4.99 Å². The topological polar surface area (TPSA) is 52.5 Å². The van der Waals surface area contributed by atoms with E-state index in [-0.39, 0.29) is 0 Å². The van der Waals surface area contributed by atoms with Crippen molar-refractivity contribution in [3.63, 3.8) is 0 Å². The molecule has 0 saturated carbocycles. The van der Waals surface area contributed by atoms with Gasteiger partial charge >= 0.3 is 0 Å². The largest absolute Gasteiger partial charge is 0.548 e. The lowest BCUT2D eigenvalue weighted by Gasteiger charge is -2.03. The van der Waals surface area contributed by atoms with Crippen molar-refractivity contribution in [1.82, 2.24) is 0 Å². The number of carboxylic acid groups (broad SMARTS) is 1. The lowest BCUT2D eigenvalue weighted by Crippen LogP contribution is -2.34. The van der Waals surface area contributed by atoms with E-state index in [0.29, 0.717) is 5.75 Å². The number of hydrogen-bond donors (Lipinski definition) is 0. The van der Waals surface area contributed by atoms with E-state index in [1.807, 2.05) is 17.5 Å². The minimum Gasteiger partial charge on any atom is -0.548 e. The van der Waals surface area contributed by atoms with E-state index < -0.39 is 12.0 Å². The Hall–Kier alpha value is -0.810. The Kier molecular flexibility index (Phi) is 2.37. The first-order valence-corrected chi connectivity index (χ1v) is 5.59. The highest BCUT2D eigenvalue weighted by Crippen LogP contribution is 2.25. The average molecular weight is 212 g/mol. The number of carbonyl (C=O) groups excluding carboxylic acids is 1. The van der Waals surface area contributed by atoms with Crippen LogP contribution in [0.5, 0.6) is 0 Å². The van der Waals surface area contributed by atoms with Gasteiger partial charge in [-0.05, 0) is 11.4 Å². The second-order valence-corrected chi connectivity index (χ2v) is 4.51. The van der Waals surface area contributed by atoms with E-state index in [0.717, 1.165) is 9.92 Å². The predicted octanol–water partition coefficient (Wildman–Crippen LogP) is 0.360. The van der Waals surface area contributed by atoms with Gasteiger partial charge in [0, 0.05) is 5.75 Å². The summed E-state index contributed by atoms with van der Waals surface area (Å²) in [5, 5.41) is 13.3. The Morgan fingerprint density at radius 2 is 2.54 bits per heavy atom. The summed E-state index contributed by atoms with van der Waals surface area (Å²) in [7, 11) is 0. The van der Waals surface area contributed by atoms with E-state index in [9.17, 15) is 9.90 Å². The molecular formula is C8H6NO2S2-. The molecule has 0 bridgehead atoms. The maximum Gasteiger partial charge on any atom is 0.109 e. The first kappa shape index (κ1) is 8.77. The van der Waals surface area contributed by atoms with Crippen molar-refractivity contribution in [3.05, 3.63) is 22.4 Å². The highest BCUT2D eigenvalue weighted by molar-refractivity contribution is 8.15. The van der Waals surface area contributed by atoms with Gasteiger partial charge in [-0.1, -0.05) is 6.07 Å². The van der Waals surface area contributed by atoms with E-state index >= 15 is 0 Å². The van der Waals surface area contributed by atoms with Crippen molar-refractivity contribution in [1.29, 1.82) is 0 Å². The van der Waals surface area contributed by atoms with Gasteiger partial charge in [0.25, 0.3) is 0 Å². The zero-order valence-corrected chi connectivity index (χ0v) is 8.23. The fourth-order valence-electron chi connectivity index (χ4n) is 1.03. The van der Waals surface area contributed by atoms with Gasteiger partial charge in [0.2, 0.25) is 0 Å². The average Bonchev–Trinajstić information content (AvgIpc) is 2.75. The molecule has 0 saturated heterocycles. The maximum atomic E-state index is 10.5. The molecule has 1 aromatic heterocycles. The number of carboxylic acids is 1. The van der Waals surface area contributed by atoms with Crippen LogP contribution in [0.15, 0.2) is 22.5 Å². The van der Waals surface area contributed by atoms with Crippen molar-refractivity contribution >= 4 is 34.1 Å². The molecule has 0 aromatic carbocycles. The molecule has 1 aliphatic heterocycles. The van der Waals surface area contributed by atoms with Crippen molar-refractivity contribution in [3.8, 4) is 0 Å². The molecule has 0 amide bonds. The number of hydrogen-bond acceptors (Lipinski definition) is 5. The molecular weight excluding hydrogens is 206 g/mol. The number of aliphatic imine (C=N–C) groups is 1. The zero-order valence-electron chi connectivity index (χ0n) is 6.60. The van der Waals surface area contributed by atoms with Crippen LogP contribution in [0.4, 0.5) is 0 Å². The van der Waals surface area contributed by atoms with Gasteiger partial charge in [-0.3, -0.25) is 4.99 Å². The van der Waals surface area contributed by atoms with Crippen molar-refractivity contribution in [2.45, 2.75) is 6.04 Å². The van der Waals surface area contributed by atoms with E-state index in [1.54, 1.807) is 11.3 Å². The van der Waals surface area contributed by atoms with Gasteiger partial charge in [-0.15, -0.1) is 23.1 Å². The minimum absolute atomic E-state index is 0.496. The first-order chi connectivity index (χ1) is 6.27. The zero-order chi connectivity index (χ0) is 9.26. The molecule has 0 fully saturated rings. The van der Waals surface area contributed by atoms with Gasteiger partial charge in [0.15, 0.2) is 0 Å². The SMILES string of the molecule is O=C([O-])C1CSC(c2cccs2)=N1. The second kappa shape index (κ2) is 3.51. The Bertz CT molecular complexity index is 345. The number of nitrogens with zero attached hydrogens (tertiary/aromatic N) is 1. The summed E-state index contributed by atoms with van der Waals surface area (Å²) in [4.78, 5) is 15.6. The number of carbonyl (C=O) groups is 1. The van der Waals surface area contributed by atoms with E-state index in [2.05, 4.69) is 4.99 Å². The second-order valence-electron chi connectivity index (χ2n) is 2.56. The molecule has 0 spiro atoms. The molecule has 1 aromatic rings. The quantitative estimate of drug-likeness (QED) is 0.711. The molecule has 2 rings (SSSR count). The number of thiophene rings is 1. The van der Waals surface area contributed by atoms with Crippen LogP contribution in [0.2, 0.25) is 0 Å². The van der Waals surface area contributed by atoms with Crippen molar-refractivity contribution < 1.29 is 9.90 Å². The van der Waals surface area contributed by atoms with Gasteiger partial charge < -0.3 is 9.90 Å². The Balaban J connectivity index is 2.20. The Labute approximate surface area is 83.5 Å². The third kappa shape index (κ3) is 1.76. The predicted molar refractivity (Wildman–Crippen MR) is 52.1 cm³/mol. The standard InChI is InChI=1S/C8H7NO2S2/c10-8(11)5-4-13-7(9-5)6-2-1-3-12-6/h1-3,5H,4H2,(H,10,11)/p-1. The van der Waals surface area contributed by atoms with Gasteiger partial charge in [0.1, 0.15) is 11.1 Å². The molecule has 0 N–H and O–H groups in total. The molecule has 13 heavy (non-hydrogen) atoms. The molecule has 1 atom stereocenters. The van der Waals surface area contributed by atoms with Crippen LogP contribution in [0, 0.1) is 0 Å². The molecule has 1 unspecified atom stereocenters. The van der Waals surface area contributed by atoms with E-state index in [1.165, 1.54) is 11.8 Å². The lowest BCUT2D eigenvalue weighted by atomic mass is 10.4. The maximum absolute atomic E-state index is 10.5. The van der Waals surface area contributed by atoms with Gasteiger partial charge in [-0.2, -0.15) is 0 Å². The normalized spacial score (nSPS) is 21.5. The third-order valence-electron chi connectivity index (χ3n) is 1.66. The summed E-state index contributed by atoms with van der Waals surface area (Å²) in [5.41, 5.74) is 0.